The quantitative estimate of drug-likeness (QED) is 0.487. The maximum absolute atomic E-state index is 10.3. The van der Waals surface area contributed by atoms with Crippen molar-refractivity contribution in [1.82, 2.24) is 10.2 Å². The van der Waals surface area contributed by atoms with E-state index in [1.54, 1.807) is 0 Å². The Kier molecular flexibility index (Phi) is 5.66. The number of aryl methyl sites for hydroxylation is 1. The van der Waals surface area contributed by atoms with Gasteiger partial charge in [0, 0.05) is 17.7 Å². The number of aliphatic hydroxyl groups excluding tert-OH is 4. The Bertz CT molecular complexity index is 805. The summed E-state index contributed by atoms with van der Waals surface area (Å²) in [6.45, 7) is 1.59. The number of rotatable bonds is 6. The predicted octanol–water partition coefficient (Wildman–Crippen LogP) is 1.08. The molecule has 0 radical (unpaired) electrons. The van der Waals surface area contributed by atoms with Gasteiger partial charge in [0.1, 0.15) is 12.2 Å². The van der Waals surface area contributed by atoms with Crippen LogP contribution in [0, 0.1) is 6.92 Å². The topological polar surface area (TPSA) is 119 Å². The Balaban J connectivity index is 1.49. The average molecular weight is 407 g/mol. The zero-order valence-corrected chi connectivity index (χ0v) is 16.5. The molecule has 1 aromatic heterocycles. The molecular formula is C20H26N2O5S. The van der Waals surface area contributed by atoms with Crippen molar-refractivity contribution in [1.29, 1.82) is 0 Å². The molecule has 4 rings (SSSR count). The lowest BCUT2D eigenvalue weighted by Gasteiger charge is -2.38. The van der Waals surface area contributed by atoms with E-state index in [1.807, 2.05) is 6.92 Å². The van der Waals surface area contributed by atoms with E-state index in [0.717, 1.165) is 34.5 Å². The summed E-state index contributed by atoms with van der Waals surface area (Å²) >= 11 is 1.10. The maximum Gasteiger partial charge on any atom is 0.237 e. The number of hydrogen-bond donors (Lipinski definition) is 5. The molecule has 0 unspecified atom stereocenters. The SMILES string of the molecule is Cc1[nH]nc(O[C@@H]2S[C@H](CO)[C@@H](O)[C@H](O)[C@H]2O)c1Cc1ccc(C2CC2)cc1. The van der Waals surface area contributed by atoms with Crippen LogP contribution in [0.1, 0.15) is 41.1 Å². The number of aromatic nitrogens is 2. The number of H-pyrrole nitrogens is 1. The fourth-order valence-corrected chi connectivity index (χ4v) is 4.76. The van der Waals surface area contributed by atoms with Gasteiger partial charge >= 0.3 is 0 Å². The van der Waals surface area contributed by atoms with Crippen LogP contribution < -0.4 is 4.74 Å². The van der Waals surface area contributed by atoms with Gasteiger partial charge in [-0.05, 0) is 36.8 Å². The first-order valence-corrected chi connectivity index (χ1v) is 10.5. The summed E-state index contributed by atoms with van der Waals surface area (Å²) in [5, 5.41) is 46.2. The van der Waals surface area contributed by atoms with Gasteiger partial charge in [0.25, 0.3) is 0 Å². The molecule has 152 valence electrons. The van der Waals surface area contributed by atoms with Crippen molar-refractivity contribution in [3.63, 3.8) is 0 Å². The summed E-state index contributed by atoms with van der Waals surface area (Å²) in [5.41, 5.74) is 3.44. The molecular weight excluding hydrogens is 380 g/mol. The van der Waals surface area contributed by atoms with E-state index in [2.05, 4.69) is 34.5 Å². The van der Waals surface area contributed by atoms with Crippen LogP contribution in [0.3, 0.4) is 0 Å². The van der Waals surface area contributed by atoms with Crippen LogP contribution in [0.5, 0.6) is 5.88 Å². The first-order chi connectivity index (χ1) is 13.5. The standard InChI is InChI=1S/C20H26N2O5S/c1-10-14(8-11-2-4-12(5-3-11)13-6-7-13)19(22-21-10)27-20-18(26)17(25)16(24)15(9-23)28-20/h2-5,13,15-18,20,23-26H,6-9H2,1H3,(H,21,22)/t15-,16-,17+,18-,20-/m1/s1. The molecule has 1 aliphatic carbocycles. The van der Waals surface area contributed by atoms with Crippen LogP contribution in [0.4, 0.5) is 0 Å². The molecule has 2 aliphatic rings. The van der Waals surface area contributed by atoms with E-state index in [1.165, 1.54) is 18.4 Å². The van der Waals surface area contributed by atoms with Crippen molar-refractivity contribution in [2.24, 2.45) is 0 Å². The van der Waals surface area contributed by atoms with Gasteiger partial charge in [-0.3, -0.25) is 5.10 Å². The van der Waals surface area contributed by atoms with Gasteiger partial charge < -0.3 is 25.2 Å². The lowest BCUT2D eigenvalue weighted by molar-refractivity contribution is -0.0915. The minimum absolute atomic E-state index is 0.324. The average Bonchev–Trinajstić information content (AvgIpc) is 3.50. The number of nitrogens with one attached hydrogen (secondary N) is 1. The highest BCUT2D eigenvalue weighted by molar-refractivity contribution is 8.00. The summed E-state index contributed by atoms with van der Waals surface area (Å²) in [6, 6.07) is 8.59. The summed E-state index contributed by atoms with van der Waals surface area (Å²) in [5.74, 6) is 1.08. The Morgan fingerprint density at radius 2 is 1.82 bits per heavy atom. The smallest absolute Gasteiger partial charge is 0.237 e. The maximum atomic E-state index is 10.3. The van der Waals surface area contributed by atoms with Crippen molar-refractivity contribution in [2.75, 3.05) is 6.61 Å². The van der Waals surface area contributed by atoms with Crippen LogP contribution in [0.15, 0.2) is 24.3 Å². The summed E-state index contributed by atoms with van der Waals surface area (Å²) in [6.07, 6.45) is -0.711. The Morgan fingerprint density at radius 1 is 1.11 bits per heavy atom. The normalized spacial score (nSPS) is 30.4. The molecule has 1 saturated carbocycles. The molecule has 7 nitrogen and oxygen atoms in total. The van der Waals surface area contributed by atoms with Gasteiger partial charge in [-0.15, -0.1) is 16.9 Å². The summed E-state index contributed by atoms with van der Waals surface area (Å²) in [7, 11) is 0. The van der Waals surface area contributed by atoms with Crippen molar-refractivity contribution >= 4 is 11.8 Å². The number of aliphatic hydroxyl groups is 4. The van der Waals surface area contributed by atoms with E-state index in [-0.39, 0.29) is 6.61 Å². The first-order valence-electron chi connectivity index (χ1n) is 9.57. The second kappa shape index (κ2) is 8.04. The van der Waals surface area contributed by atoms with Gasteiger partial charge in [-0.2, -0.15) is 0 Å². The lowest BCUT2D eigenvalue weighted by atomic mass is 10.0. The van der Waals surface area contributed by atoms with Crippen LogP contribution in [-0.2, 0) is 6.42 Å². The molecule has 1 aliphatic heterocycles. The van der Waals surface area contributed by atoms with Gasteiger partial charge in [-0.25, -0.2) is 0 Å². The predicted molar refractivity (Wildman–Crippen MR) is 105 cm³/mol. The number of hydrogen-bond acceptors (Lipinski definition) is 7. The Labute approximate surface area is 167 Å². The van der Waals surface area contributed by atoms with Crippen LogP contribution in [0.25, 0.3) is 0 Å². The van der Waals surface area contributed by atoms with E-state index in [4.69, 9.17) is 4.74 Å². The Hall–Kier alpha value is -1.58. The third-order valence-corrected chi connectivity index (χ3v) is 6.94. The zero-order chi connectivity index (χ0) is 19.8. The monoisotopic (exact) mass is 406 g/mol. The second-order valence-electron chi connectivity index (χ2n) is 7.64. The van der Waals surface area contributed by atoms with Crippen molar-refractivity contribution in [2.45, 2.75) is 61.1 Å². The number of thioether (sulfide) groups is 1. The van der Waals surface area contributed by atoms with Crippen molar-refractivity contribution in [3.05, 3.63) is 46.6 Å². The molecule has 0 spiro atoms. The number of ether oxygens (including phenoxy) is 1. The molecule has 2 aromatic rings. The molecule has 0 bridgehead atoms. The second-order valence-corrected chi connectivity index (χ2v) is 8.98. The van der Waals surface area contributed by atoms with Gasteiger partial charge in [-0.1, -0.05) is 24.3 Å². The largest absolute Gasteiger partial charge is 0.459 e. The number of benzene rings is 1. The van der Waals surface area contributed by atoms with E-state index >= 15 is 0 Å². The fourth-order valence-electron chi connectivity index (χ4n) is 3.54. The molecule has 5 atom stereocenters. The van der Waals surface area contributed by atoms with E-state index in [9.17, 15) is 20.4 Å². The Morgan fingerprint density at radius 3 is 2.46 bits per heavy atom. The molecule has 0 amide bonds. The minimum atomic E-state index is -1.39. The molecule has 2 heterocycles. The highest BCUT2D eigenvalue weighted by atomic mass is 32.2. The van der Waals surface area contributed by atoms with Crippen LogP contribution in [-0.4, -0.2) is 66.2 Å². The number of nitrogens with zero attached hydrogens (tertiary/aromatic N) is 1. The lowest BCUT2D eigenvalue weighted by Crippen LogP contribution is -2.55. The summed E-state index contributed by atoms with van der Waals surface area (Å²) < 4.78 is 5.90. The van der Waals surface area contributed by atoms with E-state index < -0.39 is 29.0 Å². The molecule has 1 aromatic carbocycles. The summed E-state index contributed by atoms with van der Waals surface area (Å²) in [4.78, 5) is 0. The van der Waals surface area contributed by atoms with Crippen LogP contribution in [0.2, 0.25) is 0 Å². The third-order valence-electron chi connectivity index (χ3n) is 5.52. The minimum Gasteiger partial charge on any atom is -0.459 e. The molecule has 5 N–H and O–H groups in total. The van der Waals surface area contributed by atoms with Crippen molar-refractivity contribution in [3.8, 4) is 5.88 Å². The highest BCUT2D eigenvalue weighted by Gasteiger charge is 2.44. The van der Waals surface area contributed by atoms with Gasteiger partial charge in [0.05, 0.1) is 18.0 Å². The molecule has 2 fully saturated rings. The van der Waals surface area contributed by atoms with Gasteiger partial charge in [0.15, 0.2) is 5.44 Å². The highest BCUT2D eigenvalue weighted by Crippen LogP contribution is 2.40. The third kappa shape index (κ3) is 3.92. The zero-order valence-electron chi connectivity index (χ0n) is 15.7. The number of aromatic amines is 1. The first kappa shape index (κ1) is 19.7. The molecule has 8 heteroatoms. The molecule has 28 heavy (non-hydrogen) atoms. The fraction of sp³-hybridized carbons (Fsp3) is 0.550. The van der Waals surface area contributed by atoms with Gasteiger partial charge in [0.2, 0.25) is 5.88 Å². The van der Waals surface area contributed by atoms with E-state index in [0.29, 0.717) is 12.3 Å². The molecule has 1 saturated heterocycles. The van der Waals surface area contributed by atoms with Crippen LogP contribution >= 0.6 is 11.8 Å². The van der Waals surface area contributed by atoms with Crippen molar-refractivity contribution < 1.29 is 25.2 Å².